The number of hydrogen-bond donors (Lipinski definition) is 1. The van der Waals surface area contributed by atoms with Crippen molar-refractivity contribution in [3.8, 4) is 0 Å². The summed E-state index contributed by atoms with van der Waals surface area (Å²) in [5.41, 5.74) is 1.27. The van der Waals surface area contributed by atoms with Crippen molar-refractivity contribution in [1.82, 2.24) is 0 Å². The molecular formula is C19H22F2O. The first-order valence-electron chi connectivity index (χ1n) is 7.99. The molecule has 3 heteroatoms. The van der Waals surface area contributed by atoms with Gasteiger partial charge in [0.2, 0.25) is 0 Å². The minimum atomic E-state index is -1.26. The molecule has 0 saturated carbocycles. The van der Waals surface area contributed by atoms with E-state index in [0.717, 1.165) is 18.4 Å². The average molecular weight is 304 g/mol. The molecule has 1 nitrogen and oxygen atoms in total. The number of aliphatic hydroxyl groups excluding tert-OH is 1. The second-order valence-electron chi connectivity index (χ2n) is 6.44. The summed E-state index contributed by atoms with van der Waals surface area (Å²) in [7, 11) is 0. The maximum Gasteiger partial charge on any atom is 0.128 e. The molecule has 3 aliphatic rings. The van der Waals surface area contributed by atoms with E-state index in [0.29, 0.717) is 12.3 Å². The average Bonchev–Trinajstić information content (AvgIpc) is 2.55. The van der Waals surface area contributed by atoms with Gasteiger partial charge in [-0.15, -0.1) is 0 Å². The van der Waals surface area contributed by atoms with Gasteiger partial charge in [0.05, 0.1) is 0 Å². The molecule has 1 N–H and O–H groups in total. The van der Waals surface area contributed by atoms with Crippen LogP contribution in [0.2, 0.25) is 0 Å². The van der Waals surface area contributed by atoms with Crippen LogP contribution in [0.3, 0.4) is 0 Å². The zero-order valence-electron chi connectivity index (χ0n) is 12.6. The summed E-state index contributed by atoms with van der Waals surface area (Å²) >= 11 is 0. The second kappa shape index (κ2) is 6.33. The Balaban J connectivity index is 1.80. The van der Waals surface area contributed by atoms with E-state index in [4.69, 9.17) is 0 Å². The van der Waals surface area contributed by atoms with E-state index < -0.39 is 6.17 Å². The highest BCUT2D eigenvalue weighted by Gasteiger charge is 2.36. The minimum absolute atomic E-state index is 0.109. The predicted molar refractivity (Wildman–Crippen MR) is 84.5 cm³/mol. The van der Waals surface area contributed by atoms with Crippen molar-refractivity contribution in [2.24, 2.45) is 23.7 Å². The minimum Gasteiger partial charge on any atom is -0.396 e. The number of aliphatic hydroxyl groups is 1. The van der Waals surface area contributed by atoms with Crippen molar-refractivity contribution in [3.63, 3.8) is 0 Å². The summed E-state index contributed by atoms with van der Waals surface area (Å²) in [6.07, 6.45) is 12.4. The number of allylic oxidation sites excluding steroid dienone is 8. The lowest BCUT2D eigenvalue weighted by Crippen LogP contribution is -2.27. The second-order valence-corrected chi connectivity index (χ2v) is 6.44. The van der Waals surface area contributed by atoms with Crippen LogP contribution in [0, 0.1) is 23.7 Å². The molecule has 3 aliphatic carbocycles. The SMILES string of the molecule is C=CC1=C(F)C2C=CC(C3C=CC(CO)CC3)=CC2CC1F. The monoisotopic (exact) mass is 304 g/mol. The van der Waals surface area contributed by atoms with Crippen molar-refractivity contribution in [1.29, 1.82) is 0 Å². The van der Waals surface area contributed by atoms with Crippen LogP contribution in [0.5, 0.6) is 0 Å². The third-order valence-electron chi connectivity index (χ3n) is 5.10. The highest BCUT2D eigenvalue weighted by molar-refractivity contribution is 5.39. The molecule has 5 atom stereocenters. The maximum atomic E-state index is 14.3. The van der Waals surface area contributed by atoms with Gasteiger partial charge in [-0.3, -0.25) is 0 Å². The summed E-state index contributed by atoms with van der Waals surface area (Å²) in [5.74, 6) is -0.280. The first-order chi connectivity index (χ1) is 10.6. The molecule has 0 aliphatic heterocycles. The molecule has 0 fully saturated rings. The van der Waals surface area contributed by atoms with Gasteiger partial charge in [-0.1, -0.05) is 43.0 Å². The van der Waals surface area contributed by atoms with Crippen LogP contribution >= 0.6 is 0 Å². The van der Waals surface area contributed by atoms with Gasteiger partial charge in [0.1, 0.15) is 12.0 Å². The lowest BCUT2D eigenvalue weighted by molar-refractivity contribution is 0.236. The van der Waals surface area contributed by atoms with Crippen LogP contribution in [0.4, 0.5) is 8.78 Å². The van der Waals surface area contributed by atoms with Crippen LogP contribution < -0.4 is 0 Å². The van der Waals surface area contributed by atoms with Crippen LogP contribution in [0.1, 0.15) is 19.3 Å². The van der Waals surface area contributed by atoms with Crippen LogP contribution in [-0.2, 0) is 0 Å². The third-order valence-corrected chi connectivity index (χ3v) is 5.10. The summed E-state index contributed by atoms with van der Waals surface area (Å²) in [4.78, 5) is 0. The summed E-state index contributed by atoms with van der Waals surface area (Å²) in [5, 5.41) is 9.17. The molecule has 118 valence electrons. The van der Waals surface area contributed by atoms with E-state index in [9.17, 15) is 13.9 Å². The van der Waals surface area contributed by atoms with Crippen molar-refractivity contribution < 1.29 is 13.9 Å². The molecule has 22 heavy (non-hydrogen) atoms. The Bertz CT molecular complexity index is 570. The highest BCUT2D eigenvalue weighted by atomic mass is 19.1. The van der Waals surface area contributed by atoms with Gasteiger partial charge < -0.3 is 5.11 Å². The molecular weight excluding hydrogens is 282 g/mol. The Morgan fingerprint density at radius 3 is 2.73 bits per heavy atom. The Morgan fingerprint density at radius 2 is 2.09 bits per heavy atom. The fourth-order valence-electron chi connectivity index (χ4n) is 3.74. The standard InChI is InChI=1S/C19H22F2O/c1-2-16-18(20)10-15-9-14(7-8-17(15)19(16)21)13-5-3-12(11-22)4-6-13/h2-3,5,7-9,12-13,15,17-18,22H,1,4,6,10-11H2. The summed E-state index contributed by atoms with van der Waals surface area (Å²) in [6, 6.07) is 0. The van der Waals surface area contributed by atoms with E-state index in [1.807, 2.05) is 18.2 Å². The number of fused-ring (bicyclic) bond motifs is 1. The van der Waals surface area contributed by atoms with Crippen LogP contribution in [-0.4, -0.2) is 17.9 Å². The van der Waals surface area contributed by atoms with E-state index >= 15 is 0 Å². The molecule has 0 radical (unpaired) electrons. The molecule has 0 heterocycles. The quantitative estimate of drug-likeness (QED) is 0.764. The molecule has 0 aromatic rings. The zero-order valence-corrected chi connectivity index (χ0v) is 12.6. The molecule has 0 saturated heterocycles. The van der Waals surface area contributed by atoms with Gasteiger partial charge in [0.15, 0.2) is 0 Å². The Morgan fingerprint density at radius 1 is 1.27 bits per heavy atom. The van der Waals surface area contributed by atoms with E-state index in [1.54, 1.807) is 0 Å². The van der Waals surface area contributed by atoms with Gasteiger partial charge in [-0.2, -0.15) is 0 Å². The van der Waals surface area contributed by atoms with Crippen molar-refractivity contribution in [2.45, 2.75) is 25.4 Å². The predicted octanol–water partition coefficient (Wildman–Crippen LogP) is 4.44. The van der Waals surface area contributed by atoms with Crippen molar-refractivity contribution in [2.75, 3.05) is 6.61 Å². The number of rotatable bonds is 3. The van der Waals surface area contributed by atoms with Crippen molar-refractivity contribution >= 4 is 0 Å². The van der Waals surface area contributed by atoms with Gasteiger partial charge in [0.25, 0.3) is 0 Å². The van der Waals surface area contributed by atoms with Gasteiger partial charge in [0, 0.05) is 24.0 Å². The fourth-order valence-corrected chi connectivity index (χ4v) is 3.74. The van der Waals surface area contributed by atoms with Gasteiger partial charge >= 0.3 is 0 Å². The van der Waals surface area contributed by atoms with Gasteiger partial charge in [-0.25, -0.2) is 8.78 Å². The molecule has 0 bridgehead atoms. The van der Waals surface area contributed by atoms with Gasteiger partial charge in [-0.05, 0) is 36.7 Å². The largest absolute Gasteiger partial charge is 0.396 e. The van der Waals surface area contributed by atoms with Crippen molar-refractivity contribution in [3.05, 3.63) is 60.0 Å². The number of halogens is 2. The van der Waals surface area contributed by atoms with E-state index in [-0.39, 0.29) is 35.8 Å². The first kappa shape index (κ1) is 15.4. The number of alkyl halides is 1. The third kappa shape index (κ3) is 2.74. The molecule has 3 rings (SSSR count). The Kier molecular flexibility index (Phi) is 4.44. The molecule has 0 aromatic heterocycles. The number of hydrogen-bond acceptors (Lipinski definition) is 1. The van der Waals surface area contributed by atoms with E-state index in [2.05, 4.69) is 18.7 Å². The topological polar surface area (TPSA) is 20.2 Å². The van der Waals surface area contributed by atoms with Crippen LogP contribution in [0.15, 0.2) is 60.0 Å². The molecule has 0 amide bonds. The zero-order chi connectivity index (χ0) is 15.7. The Labute approximate surface area is 130 Å². The maximum absolute atomic E-state index is 14.3. The lowest BCUT2D eigenvalue weighted by Gasteiger charge is -2.34. The summed E-state index contributed by atoms with van der Waals surface area (Å²) in [6.45, 7) is 3.71. The summed E-state index contributed by atoms with van der Waals surface area (Å²) < 4.78 is 28.4. The molecule has 5 unspecified atom stereocenters. The lowest BCUT2D eigenvalue weighted by atomic mass is 9.72. The normalized spacial score (nSPS) is 37.8. The molecule has 0 spiro atoms. The smallest absolute Gasteiger partial charge is 0.128 e. The fraction of sp³-hybridized carbons (Fsp3) is 0.474. The first-order valence-corrected chi connectivity index (χ1v) is 7.99. The molecule has 0 aromatic carbocycles. The highest BCUT2D eigenvalue weighted by Crippen LogP contribution is 2.43. The van der Waals surface area contributed by atoms with Crippen LogP contribution in [0.25, 0.3) is 0 Å². The van der Waals surface area contributed by atoms with E-state index in [1.165, 1.54) is 6.08 Å². The Hall–Kier alpha value is -1.48.